The van der Waals surface area contributed by atoms with Crippen molar-refractivity contribution in [3.63, 3.8) is 0 Å². The van der Waals surface area contributed by atoms with Crippen LogP contribution in [0.2, 0.25) is 0 Å². The molecule has 0 aliphatic heterocycles. The highest BCUT2D eigenvalue weighted by Crippen LogP contribution is 2.22. The summed E-state index contributed by atoms with van der Waals surface area (Å²) in [6.07, 6.45) is 0. The topological polar surface area (TPSA) is 0 Å². The number of hydrogen-bond donors (Lipinski definition) is 0. The van der Waals surface area contributed by atoms with E-state index in [2.05, 4.69) is 15.9 Å². The van der Waals surface area contributed by atoms with E-state index in [9.17, 15) is 0 Å². The normalized spacial score (nSPS) is 13.2. The maximum atomic E-state index is 7.91. The monoisotopic (exact) mass is 235 g/mol. The minimum absolute atomic E-state index is 0.310. The standard InChI is InChI=1S/C12H9Br/c13-12-8-4-7-11(9-12)10-5-2-1-3-6-10/h1-9H/i1D,7D,9D. The quantitative estimate of drug-likeness (QED) is 0.698. The summed E-state index contributed by atoms with van der Waals surface area (Å²) < 4.78 is 23.8. The molecule has 13 heavy (non-hydrogen) atoms. The van der Waals surface area contributed by atoms with Gasteiger partial charge in [-0.05, 0) is 23.2 Å². The third-order valence-corrected chi connectivity index (χ3v) is 2.17. The lowest BCUT2D eigenvalue weighted by atomic mass is 10.1. The molecule has 2 aromatic rings. The Bertz CT molecular complexity index is 521. The first-order valence-corrected chi connectivity index (χ1v) is 4.71. The number of hydrogen-bond acceptors (Lipinski definition) is 0. The molecule has 0 unspecified atom stereocenters. The lowest BCUT2D eigenvalue weighted by molar-refractivity contribution is 1.59. The van der Waals surface area contributed by atoms with Gasteiger partial charge in [-0.3, -0.25) is 0 Å². The van der Waals surface area contributed by atoms with Gasteiger partial charge in [-0.1, -0.05) is 58.3 Å². The van der Waals surface area contributed by atoms with Crippen molar-refractivity contribution < 1.29 is 4.11 Å². The zero-order valence-electron chi connectivity index (χ0n) is 9.84. The number of halogens is 1. The third-order valence-electron chi connectivity index (χ3n) is 1.71. The van der Waals surface area contributed by atoms with Crippen molar-refractivity contribution in [2.75, 3.05) is 0 Å². The summed E-state index contributed by atoms with van der Waals surface area (Å²) in [6, 6.07) is 11.3. The molecule has 0 aliphatic rings. The summed E-state index contributed by atoms with van der Waals surface area (Å²) in [5.41, 5.74) is 1.39. The molecule has 2 aromatic carbocycles. The predicted octanol–water partition coefficient (Wildman–Crippen LogP) is 4.12. The molecule has 0 aromatic heterocycles. The van der Waals surface area contributed by atoms with Gasteiger partial charge < -0.3 is 0 Å². The van der Waals surface area contributed by atoms with Gasteiger partial charge in [-0.15, -0.1) is 0 Å². The molecule has 0 fully saturated rings. The second-order valence-electron chi connectivity index (χ2n) is 2.61. The van der Waals surface area contributed by atoms with Crippen LogP contribution in [0.1, 0.15) is 4.11 Å². The Balaban J connectivity index is 2.63. The molecule has 0 amide bonds. The van der Waals surface area contributed by atoms with Crippen molar-refractivity contribution in [2.45, 2.75) is 0 Å². The molecule has 0 spiro atoms. The predicted molar refractivity (Wildman–Crippen MR) is 59.6 cm³/mol. The summed E-state index contributed by atoms with van der Waals surface area (Å²) in [5, 5.41) is 0. The van der Waals surface area contributed by atoms with Gasteiger partial charge in [0, 0.05) is 4.47 Å². The first kappa shape index (κ1) is 5.61. The smallest absolute Gasteiger partial charge is 0.0622 e. The minimum Gasteiger partial charge on any atom is -0.0622 e. The van der Waals surface area contributed by atoms with Gasteiger partial charge in [0.25, 0.3) is 0 Å². The molecule has 0 saturated heterocycles. The second kappa shape index (κ2) is 3.75. The molecular formula is C12H9Br. The van der Waals surface area contributed by atoms with E-state index < -0.39 is 0 Å². The van der Waals surface area contributed by atoms with Crippen LogP contribution in [0, 0.1) is 0 Å². The van der Waals surface area contributed by atoms with E-state index in [-0.39, 0.29) is 0 Å². The number of rotatable bonds is 1. The van der Waals surface area contributed by atoms with Gasteiger partial charge >= 0.3 is 0 Å². The second-order valence-corrected chi connectivity index (χ2v) is 3.47. The van der Waals surface area contributed by atoms with E-state index in [1.807, 2.05) is 0 Å². The highest BCUT2D eigenvalue weighted by atomic mass is 79.9. The van der Waals surface area contributed by atoms with Gasteiger partial charge in [-0.2, -0.15) is 0 Å². The van der Waals surface area contributed by atoms with E-state index in [0.717, 1.165) is 5.56 Å². The Morgan fingerprint density at radius 3 is 2.54 bits per heavy atom. The van der Waals surface area contributed by atoms with Crippen LogP contribution in [0.3, 0.4) is 0 Å². The molecule has 0 saturated carbocycles. The Morgan fingerprint density at radius 2 is 1.77 bits per heavy atom. The Morgan fingerprint density at radius 1 is 1.00 bits per heavy atom. The Kier molecular flexibility index (Phi) is 1.62. The van der Waals surface area contributed by atoms with E-state index in [1.165, 1.54) is 0 Å². The first-order chi connectivity index (χ1) is 7.59. The van der Waals surface area contributed by atoms with Crippen molar-refractivity contribution in [1.29, 1.82) is 0 Å². The molecule has 0 nitrogen and oxygen atoms in total. The minimum atomic E-state index is 0.310. The fourth-order valence-corrected chi connectivity index (χ4v) is 1.43. The van der Waals surface area contributed by atoms with Gasteiger partial charge in [0.1, 0.15) is 0 Å². The van der Waals surface area contributed by atoms with Crippen LogP contribution in [0.25, 0.3) is 11.1 Å². The average molecular weight is 236 g/mol. The molecule has 1 heteroatoms. The molecule has 0 atom stereocenters. The lowest BCUT2D eigenvalue weighted by Gasteiger charge is -2.00. The Hall–Kier alpha value is -1.08. The molecule has 0 N–H and O–H groups in total. The maximum absolute atomic E-state index is 7.91. The van der Waals surface area contributed by atoms with Crippen molar-refractivity contribution in [2.24, 2.45) is 0 Å². The van der Waals surface area contributed by atoms with Crippen molar-refractivity contribution >= 4 is 15.9 Å². The van der Waals surface area contributed by atoms with E-state index in [1.54, 1.807) is 36.4 Å². The van der Waals surface area contributed by atoms with Crippen LogP contribution in [-0.2, 0) is 0 Å². The van der Waals surface area contributed by atoms with Crippen molar-refractivity contribution in [3.8, 4) is 11.1 Å². The third kappa shape index (κ3) is 1.99. The van der Waals surface area contributed by atoms with Crippen molar-refractivity contribution in [3.05, 3.63) is 59.0 Å². The zero-order valence-corrected chi connectivity index (χ0v) is 8.43. The summed E-state index contributed by atoms with van der Waals surface area (Å²) >= 11 is 3.28. The fourth-order valence-electron chi connectivity index (χ4n) is 1.10. The summed E-state index contributed by atoms with van der Waals surface area (Å²) in [6.45, 7) is 0. The molecule has 0 bridgehead atoms. The average Bonchev–Trinajstić information content (AvgIpc) is 2.27. The number of benzene rings is 2. The summed E-state index contributed by atoms with van der Waals surface area (Å²) in [4.78, 5) is 0. The van der Waals surface area contributed by atoms with Gasteiger partial charge in [0.05, 0.1) is 4.11 Å². The van der Waals surface area contributed by atoms with Crippen LogP contribution in [0.15, 0.2) is 59.0 Å². The van der Waals surface area contributed by atoms with Gasteiger partial charge in [0.15, 0.2) is 0 Å². The van der Waals surface area contributed by atoms with E-state index in [0.29, 0.717) is 28.2 Å². The Labute approximate surface area is 90.6 Å². The van der Waals surface area contributed by atoms with E-state index >= 15 is 0 Å². The molecular weight excluding hydrogens is 224 g/mol. The molecule has 0 radical (unpaired) electrons. The maximum Gasteiger partial charge on any atom is 0.0641 e. The van der Waals surface area contributed by atoms with Gasteiger partial charge in [0.2, 0.25) is 0 Å². The fraction of sp³-hybridized carbons (Fsp3) is 0. The summed E-state index contributed by atoms with van der Waals surface area (Å²) in [5.74, 6) is 0. The van der Waals surface area contributed by atoms with E-state index in [4.69, 9.17) is 4.11 Å². The first-order valence-electron chi connectivity index (χ1n) is 5.42. The zero-order chi connectivity index (χ0) is 11.7. The SMILES string of the molecule is [2H]c1ccc(-c2c([2H])ccc(Br)c2[2H])cc1. The van der Waals surface area contributed by atoms with Crippen molar-refractivity contribution in [1.82, 2.24) is 0 Å². The van der Waals surface area contributed by atoms with Crippen LogP contribution >= 0.6 is 15.9 Å². The largest absolute Gasteiger partial charge is 0.0641 e. The molecule has 0 heterocycles. The van der Waals surface area contributed by atoms with Gasteiger partial charge in [-0.25, -0.2) is 0 Å². The highest BCUT2D eigenvalue weighted by molar-refractivity contribution is 9.10. The van der Waals surface area contributed by atoms with Crippen LogP contribution < -0.4 is 0 Å². The summed E-state index contributed by atoms with van der Waals surface area (Å²) in [7, 11) is 0. The van der Waals surface area contributed by atoms with Crippen LogP contribution in [0.4, 0.5) is 0 Å². The lowest BCUT2D eigenvalue weighted by Crippen LogP contribution is -1.75. The van der Waals surface area contributed by atoms with Crippen LogP contribution in [0.5, 0.6) is 0 Å². The molecule has 0 aliphatic carbocycles. The molecule has 64 valence electrons. The molecule has 2 rings (SSSR count). The van der Waals surface area contributed by atoms with Crippen LogP contribution in [-0.4, -0.2) is 0 Å². The highest BCUT2D eigenvalue weighted by Gasteiger charge is 1.95.